The Balaban J connectivity index is 1.63. The maximum Gasteiger partial charge on any atom is 0.233 e. The molecule has 0 aliphatic heterocycles. The summed E-state index contributed by atoms with van der Waals surface area (Å²) in [6.07, 6.45) is 0.314. The molecule has 0 radical (unpaired) electrons. The van der Waals surface area contributed by atoms with Crippen LogP contribution in [0.25, 0.3) is 10.2 Å². The van der Waals surface area contributed by atoms with Gasteiger partial charge in [-0.1, -0.05) is 65.9 Å². The van der Waals surface area contributed by atoms with Gasteiger partial charge in [-0.2, -0.15) is 0 Å². The van der Waals surface area contributed by atoms with Crippen LogP contribution in [0, 0.1) is 6.92 Å². The third-order valence-corrected chi connectivity index (χ3v) is 5.96. The number of thiazole rings is 1. The van der Waals surface area contributed by atoms with E-state index in [-0.39, 0.29) is 5.91 Å². The summed E-state index contributed by atoms with van der Waals surface area (Å²) < 4.78 is 6.60. The number of carbonyl (C=O) groups excluding carboxylic acids is 1. The Morgan fingerprint density at radius 1 is 0.967 bits per heavy atom. The van der Waals surface area contributed by atoms with E-state index in [0.717, 1.165) is 37.8 Å². The lowest BCUT2D eigenvalue weighted by Crippen LogP contribution is -2.31. The number of ether oxygens (including phenoxy) is 1. The molecule has 4 aromatic rings. The second-order valence-corrected chi connectivity index (χ2v) is 8.15. The summed E-state index contributed by atoms with van der Waals surface area (Å²) in [5.74, 6) is 0.844. The molecule has 1 amide bonds. The molecule has 0 unspecified atom stereocenters. The van der Waals surface area contributed by atoms with Crippen molar-refractivity contribution in [3.63, 3.8) is 0 Å². The lowest BCUT2D eigenvalue weighted by molar-refractivity contribution is -0.118. The second-order valence-electron chi connectivity index (χ2n) is 7.14. The summed E-state index contributed by atoms with van der Waals surface area (Å²) in [6.45, 7) is 5.13. The average Bonchev–Trinajstić information content (AvgIpc) is 3.20. The van der Waals surface area contributed by atoms with Crippen LogP contribution in [0.3, 0.4) is 0 Å². The Kier molecular flexibility index (Phi) is 6.10. The van der Waals surface area contributed by atoms with Gasteiger partial charge in [-0.15, -0.1) is 0 Å². The van der Waals surface area contributed by atoms with Crippen LogP contribution >= 0.6 is 11.3 Å². The first-order chi connectivity index (χ1) is 14.6. The maximum absolute atomic E-state index is 13.4. The van der Waals surface area contributed by atoms with Gasteiger partial charge in [0.05, 0.1) is 29.8 Å². The molecule has 152 valence electrons. The van der Waals surface area contributed by atoms with Gasteiger partial charge in [-0.3, -0.25) is 9.69 Å². The second kappa shape index (κ2) is 9.09. The summed E-state index contributed by atoms with van der Waals surface area (Å²) in [7, 11) is 0. The molecule has 1 aromatic heterocycles. The van der Waals surface area contributed by atoms with Crippen molar-refractivity contribution in [3.05, 3.63) is 89.5 Å². The van der Waals surface area contributed by atoms with Crippen LogP contribution in [0.1, 0.15) is 23.6 Å². The number of anilines is 1. The number of amides is 1. The third kappa shape index (κ3) is 4.52. The molecule has 0 atom stereocenters. The first-order valence-corrected chi connectivity index (χ1v) is 10.9. The summed E-state index contributed by atoms with van der Waals surface area (Å²) >= 11 is 1.56. The molecule has 3 aromatic carbocycles. The minimum atomic E-state index is 0.0275. The monoisotopic (exact) mass is 416 g/mol. The first kappa shape index (κ1) is 20.1. The molecule has 0 aliphatic carbocycles. The standard InChI is InChI=1S/C25H24N2O2S/c1-3-29-21-14-12-19(13-15-21)16-23(28)27(17-20-9-5-4-6-10-20)25-26-24-18(2)8-7-11-22(24)30-25/h4-15H,3,16-17H2,1-2H3. The van der Waals surface area contributed by atoms with Gasteiger partial charge in [0.15, 0.2) is 5.13 Å². The fraction of sp³-hybridized carbons (Fsp3) is 0.200. The molecule has 0 saturated heterocycles. The van der Waals surface area contributed by atoms with E-state index >= 15 is 0 Å². The molecule has 30 heavy (non-hydrogen) atoms. The summed E-state index contributed by atoms with van der Waals surface area (Å²) in [4.78, 5) is 20.0. The smallest absolute Gasteiger partial charge is 0.233 e. The van der Waals surface area contributed by atoms with Gasteiger partial charge in [-0.25, -0.2) is 4.98 Å². The van der Waals surface area contributed by atoms with Gasteiger partial charge >= 0.3 is 0 Å². The number of hydrogen-bond acceptors (Lipinski definition) is 4. The van der Waals surface area contributed by atoms with E-state index in [1.807, 2.05) is 67.6 Å². The number of aromatic nitrogens is 1. The predicted octanol–water partition coefficient (Wildman–Crippen LogP) is 5.78. The summed E-state index contributed by atoms with van der Waals surface area (Å²) in [6, 6.07) is 23.9. The maximum atomic E-state index is 13.4. The van der Waals surface area contributed by atoms with E-state index in [9.17, 15) is 4.79 Å². The number of hydrogen-bond donors (Lipinski definition) is 0. The lowest BCUT2D eigenvalue weighted by atomic mass is 10.1. The highest BCUT2D eigenvalue weighted by atomic mass is 32.1. The zero-order valence-corrected chi connectivity index (χ0v) is 18.0. The SMILES string of the molecule is CCOc1ccc(CC(=O)N(Cc2ccccc2)c2nc3c(C)cccc3s2)cc1. The molecule has 4 nitrogen and oxygen atoms in total. The molecular formula is C25H24N2O2S. The Morgan fingerprint density at radius 3 is 2.43 bits per heavy atom. The van der Waals surface area contributed by atoms with Crippen molar-refractivity contribution in [2.75, 3.05) is 11.5 Å². The molecule has 4 rings (SSSR count). The number of benzene rings is 3. The molecule has 5 heteroatoms. The van der Waals surface area contributed by atoms with Crippen molar-refractivity contribution < 1.29 is 9.53 Å². The van der Waals surface area contributed by atoms with Crippen molar-refractivity contribution in [2.24, 2.45) is 0 Å². The Morgan fingerprint density at radius 2 is 1.73 bits per heavy atom. The summed E-state index contributed by atoms with van der Waals surface area (Å²) in [5.41, 5.74) is 4.12. The predicted molar refractivity (Wildman–Crippen MR) is 123 cm³/mol. The van der Waals surface area contributed by atoms with Crippen molar-refractivity contribution in [3.8, 4) is 5.75 Å². The Labute approximate surface area is 180 Å². The fourth-order valence-electron chi connectivity index (χ4n) is 3.36. The van der Waals surface area contributed by atoms with Gasteiger partial charge in [-0.05, 0) is 48.7 Å². The molecular weight excluding hydrogens is 392 g/mol. The van der Waals surface area contributed by atoms with Gasteiger partial charge < -0.3 is 4.74 Å². The number of para-hydroxylation sites is 1. The molecule has 1 heterocycles. The zero-order chi connectivity index (χ0) is 20.9. The van der Waals surface area contributed by atoms with Crippen LogP contribution in [0.4, 0.5) is 5.13 Å². The zero-order valence-electron chi connectivity index (χ0n) is 17.2. The van der Waals surface area contributed by atoms with Gasteiger partial charge in [0.1, 0.15) is 5.75 Å². The molecule has 0 aliphatic rings. The quantitative estimate of drug-likeness (QED) is 0.383. The van der Waals surface area contributed by atoms with Crippen molar-refractivity contribution in [1.29, 1.82) is 0 Å². The van der Waals surface area contributed by atoms with Crippen molar-refractivity contribution in [1.82, 2.24) is 4.98 Å². The number of nitrogens with zero attached hydrogens (tertiary/aromatic N) is 2. The van der Waals surface area contributed by atoms with E-state index in [0.29, 0.717) is 19.6 Å². The highest BCUT2D eigenvalue weighted by molar-refractivity contribution is 7.22. The van der Waals surface area contributed by atoms with Gasteiger partial charge in [0.2, 0.25) is 5.91 Å². The molecule has 0 fully saturated rings. The van der Waals surface area contributed by atoms with Crippen LogP contribution in [-0.4, -0.2) is 17.5 Å². The normalized spacial score (nSPS) is 10.9. The third-order valence-electron chi connectivity index (χ3n) is 4.91. The Hall–Kier alpha value is -3.18. The van der Waals surface area contributed by atoms with E-state index in [1.165, 1.54) is 0 Å². The number of fused-ring (bicyclic) bond motifs is 1. The molecule has 0 N–H and O–H groups in total. The summed E-state index contributed by atoms with van der Waals surface area (Å²) in [5, 5.41) is 0.735. The van der Waals surface area contributed by atoms with Crippen LogP contribution < -0.4 is 9.64 Å². The Bertz CT molecular complexity index is 1140. The van der Waals surface area contributed by atoms with E-state index in [4.69, 9.17) is 9.72 Å². The van der Waals surface area contributed by atoms with Crippen LogP contribution in [0.2, 0.25) is 0 Å². The topological polar surface area (TPSA) is 42.4 Å². The van der Waals surface area contributed by atoms with E-state index < -0.39 is 0 Å². The number of rotatable bonds is 7. The fourth-order valence-corrected chi connectivity index (χ4v) is 4.42. The molecule has 0 bridgehead atoms. The largest absolute Gasteiger partial charge is 0.494 e. The van der Waals surface area contributed by atoms with Crippen molar-refractivity contribution >= 4 is 32.6 Å². The van der Waals surface area contributed by atoms with Gasteiger partial charge in [0.25, 0.3) is 0 Å². The van der Waals surface area contributed by atoms with E-state index in [2.05, 4.69) is 19.1 Å². The lowest BCUT2D eigenvalue weighted by Gasteiger charge is -2.20. The number of carbonyl (C=O) groups is 1. The molecule has 0 saturated carbocycles. The highest BCUT2D eigenvalue weighted by Gasteiger charge is 2.21. The van der Waals surface area contributed by atoms with Crippen LogP contribution in [0.15, 0.2) is 72.8 Å². The van der Waals surface area contributed by atoms with Crippen molar-refractivity contribution in [2.45, 2.75) is 26.8 Å². The van der Waals surface area contributed by atoms with Crippen LogP contribution in [0.5, 0.6) is 5.75 Å². The average molecular weight is 417 g/mol. The minimum absolute atomic E-state index is 0.0275. The van der Waals surface area contributed by atoms with E-state index in [1.54, 1.807) is 16.2 Å². The van der Waals surface area contributed by atoms with Crippen LogP contribution in [-0.2, 0) is 17.8 Å². The molecule has 0 spiro atoms. The minimum Gasteiger partial charge on any atom is -0.494 e. The first-order valence-electron chi connectivity index (χ1n) is 10.1. The van der Waals surface area contributed by atoms with Gasteiger partial charge in [0, 0.05) is 0 Å². The highest BCUT2D eigenvalue weighted by Crippen LogP contribution is 2.32. The number of aryl methyl sites for hydroxylation is 1.